The molecule has 1 fully saturated rings. The zero-order valence-electron chi connectivity index (χ0n) is 18.9. The number of methoxy groups -OCH3 is 1. The van der Waals surface area contributed by atoms with Crippen molar-refractivity contribution >= 4 is 46.9 Å². The molecule has 0 saturated carbocycles. The Morgan fingerprint density at radius 3 is 2.61 bits per heavy atom. The number of halogens is 1. The van der Waals surface area contributed by atoms with E-state index in [1.807, 2.05) is 32.9 Å². The number of anilines is 3. The number of fused-ring (bicyclic) bond motifs is 1. The molecule has 1 saturated heterocycles. The molecule has 1 aliphatic heterocycles. The van der Waals surface area contributed by atoms with E-state index in [0.717, 1.165) is 5.69 Å². The van der Waals surface area contributed by atoms with Crippen LogP contribution in [0, 0.1) is 0 Å². The number of carbonyl (C=O) groups is 1. The van der Waals surface area contributed by atoms with Crippen molar-refractivity contribution in [1.29, 1.82) is 0 Å². The number of carbonyl (C=O) groups excluding carboxylic acids is 1. The first kappa shape index (κ1) is 22.9. The van der Waals surface area contributed by atoms with E-state index < -0.39 is 5.60 Å². The first-order valence-electron chi connectivity index (χ1n) is 10.5. The Labute approximate surface area is 195 Å². The Morgan fingerprint density at radius 1 is 1.18 bits per heavy atom. The van der Waals surface area contributed by atoms with Crippen LogP contribution < -0.4 is 15.0 Å². The molecule has 33 heavy (non-hydrogen) atoms. The lowest BCUT2D eigenvalue weighted by atomic mass is 10.2. The summed E-state index contributed by atoms with van der Waals surface area (Å²) in [4.78, 5) is 29.3. The summed E-state index contributed by atoms with van der Waals surface area (Å²) in [5, 5.41) is 3.68. The quantitative estimate of drug-likeness (QED) is 0.587. The molecule has 10 nitrogen and oxygen atoms in total. The Kier molecular flexibility index (Phi) is 6.45. The molecule has 3 aromatic rings. The van der Waals surface area contributed by atoms with Crippen LogP contribution in [0.4, 0.5) is 26.1 Å². The molecule has 1 N–H and O–H groups in total. The van der Waals surface area contributed by atoms with Gasteiger partial charge in [0.2, 0.25) is 11.8 Å². The molecule has 4 heterocycles. The highest BCUT2D eigenvalue weighted by Gasteiger charge is 2.26. The van der Waals surface area contributed by atoms with Gasteiger partial charge in [-0.3, -0.25) is 0 Å². The van der Waals surface area contributed by atoms with Gasteiger partial charge in [-0.25, -0.2) is 13.8 Å². The summed E-state index contributed by atoms with van der Waals surface area (Å²) >= 11 is 0.0492. The summed E-state index contributed by atoms with van der Waals surface area (Å²) in [6.45, 7) is 8.04. The number of hydrogen-bond donors (Lipinski definition) is 1. The standard InChI is InChI=1S/C21H26FN7O3S/c1-21(2,3)32-20(30)28-11-9-27(10-12-28)14-5-7-23-16(13-14)24-19-25-17-15(18(26-19)31-4)6-8-29(17)33-22/h5-8,13H,9-12H2,1-4H3,(H,23,24,25,26). The zero-order chi connectivity index (χ0) is 23.6. The van der Waals surface area contributed by atoms with E-state index >= 15 is 0 Å². The molecule has 1 aliphatic rings. The van der Waals surface area contributed by atoms with Crippen LogP contribution in [0.25, 0.3) is 11.0 Å². The first-order chi connectivity index (χ1) is 15.8. The van der Waals surface area contributed by atoms with E-state index in [2.05, 4.69) is 25.2 Å². The van der Waals surface area contributed by atoms with E-state index in [4.69, 9.17) is 9.47 Å². The summed E-state index contributed by atoms with van der Waals surface area (Å²) < 4.78 is 25.3. The number of hydrogen-bond acceptors (Lipinski definition) is 9. The fraction of sp³-hybridized carbons (Fsp3) is 0.429. The highest BCUT2D eigenvalue weighted by atomic mass is 32.2. The van der Waals surface area contributed by atoms with E-state index in [0.29, 0.717) is 48.9 Å². The van der Waals surface area contributed by atoms with Crippen molar-refractivity contribution < 1.29 is 18.2 Å². The number of aromatic nitrogens is 4. The second-order valence-corrected chi connectivity index (χ2v) is 9.01. The van der Waals surface area contributed by atoms with E-state index in [-0.39, 0.29) is 24.4 Å². The lowest BCUT2D eigenvalue weighted by molar-refractivity contribution is 0.0240. The molecule has 0 aliphatic carbocycles. The maximum Gasteiger partial charge on any atom is 0.410 e. The second-order valence-electron chi connectivity index (χ2n) is 8.48. The van der Waals surface area contributed by atoms with Crippen molar-refractivity contribution in [3.63, 3.8) is 0 Å². The van der Waals surface area contributed by atoms with Crippen LogP contribution in [0.1, 0.15) is 20.8 Å². The molecule has 0 atom stereocenters. The molecule has 1 amide bonds. The predicted octanol–water partition coefficient (Wildman–Crippen LogP) is 4.02. The molecule has 3 aromatic heterocycles. The molecular formula is C21H26FN7O3S. The third-order valence-corrected chi connectivity index (χ3v) is 5.47. The molecule has 0 aromatic carbocycles. The summed E-state index contributed by atoms with van der Waals surface area (Å²) in [7, 11) is 1.50. The summed E-state index contributed by atoms with van der Waals surface area (Å²) in [6.07, 6.45) is 2.96. The molecule has 0 radical (unpaired) electrons. The molecular weight excluding hydrogens is 449 g/mol. The van der Waals surface area contributed by atoms with Crippen LogP contribution in [0.15, 0.2) is 30.6 Å². The Hall–Kier alpha value is -3.28. The minimum Gasteiger partial charge on any atom is -0.480 e. The van der Waals surface area contributed by atoms with Crippen molar-refractivity contribution in [2.75, 3.05) is 43.5 Å². The monoisotopic (exact) mass is 475 g/mol. The van der Waals surface area contributed by atoms with Crippen LogP contribution >= 0.6 is 12.3 Å². The van der Waals surface area contributed by atoms with Gasteiger partial charge < -0.3 is 24.6 Å². The van der Waals surface area contributed by atoms with Gasteiger partial charge in [-0.1, -0.05) is 0 Å². The molecule has 176 valence electrons. The molecule has 0 unspecified atom stereocenters. The number of piperazine rings is 1. The number of amides is 1. The highest BCUT2D eigenvalue weighted by molar-refractivity contribution is 7.92. The number of nitrogens with one attached hydrogen (secondary N) is 1. The number of nitrogens with zero attached hydrogens (tertiary/aromatic N) is 6. The van der Waals surface area contributed by atoms with Gasteiger partial charge in [0, 0.05) is 50.3 Å². The third kappa shape index (κ3) is 5.21. The fourth-order valence-corrected chi connectivity index (χ4v) is 3.82. The Balaban J connectivity index is 1.46. The number of pyridine rings is 1. The second kappa shape index (κ2) is 9.30. The van der Waals surface area contributed by atoms with Gasteiger partial charge >= 0.3 is 6.09 Å². The Morgan fingerprint density at radius 2 is 1.94 bits per heavy atom. The van der Waals surface area contributed by atoms with E-state index in [9.17, 15) is 8.68 Å². The van der Waals surface area contributed by atoms with Gasteiger partial charge in [-0.15, -0.1) is 3.89 Å². The SMILES string of the molecule is COc1nc(Nc2cc(N3CCN(C(=O)OC(C)(C)C)CC3)ccn2)nc2c1ccn2SF. The van der Waals surface area contributed by atoms with Crippen molar-refractivity contribution in [3.8, 4) is 5.88 Å². The summed E-state index contributed by atoms with van der Waals surface area (Å²) in [5.74, 6) is 1.12. The molecule has 4 rings (SSSR count). The lowest BCUT2D eigenvalue weighted by Crippen LogP contribution is -2.50. The normalized spacial score (nSPS) is 14.5. The maximum absolute atomic E-state index is 13.2. The van der Waals surface area contributed by atoms with Crippen LogP contribution in [0.3, 0.4) is 0 Å². The van der Waals surface area contributed by atoms with Gasteiger partial charge in [0.25, 0.3) is 0 Å². The van der Waals surface area contributed by atoms with E-state index in [1.165, 1.54) is 11.1 Å². The first-order valence-corrected chi connectivity index (χ1v) is 11.1. The van der Waals surface area contributed by atoms with Crippen LogP contribution in [0.2, 0.25) is 0 Å². The zero-order valence-corrected chi connectivity index (χ0v) is 19.7. The van der Waals surface area contributed by atoms with E-state index in [1.54, 1.807) is 23.4 Å². The largest absolute Gasteiger partial charge is 0.480 e. The van der Waals surface area contributed by atoms with Gasteiger partial charge in [0.1, 0.15) is 11.4 Å². The van der Waals surface area contributed by atoms with Gasteiger partial charge in [-0.05, 0) is 32.9 Å². The summed E-state index contributed by atoms with van der Waals surface area (Å²) in [6, 6.07) is 5.48. The third-order valence-electron chi connectivity index (χ3n) is 5.02. The summed E-state index contributed by atoms with van der Waals surface area (Å²) in [5.41, 5.74) is 0.830. The minimum absolute atomic E-state index is 0.0492. The average Bonchev–Trinajstić information content (AvgIpc) is 3.21. The van der Waals surface area contributed by atoms with Gasteiger partial charge in [-0.2, -0.15) is 9.97 Å². The van der Waals surface area contributed by atoms with Crippen LogP contribution in [0.5, 0.6) is 5.88 Å². The smallest absolute Gasteiger partial charge is 0.410 e. The van der Waals surface area contributed by atoms with Crippen LogP contribution in [-0.2, 0) is 4.74 Å². The van der Waals surface area contributed by atoms with Gasteiger partial charge in [0.05, 0.1) is 12.5 Å². The Bertz CT molecular complexity index is 1140. The molecule has 0 bridgehead atoms. The fourth-order valence-electron chi connectivity index (χ4n) is 3.50. The molecule has 12 heteroatoms. The van der Waals surface area contributed by atoms with Crippen molar-refractivity contribution in [3.05, 3.63) is 30.6 Å². The number of rotatable bonds is 5. The lowest BCUT2D eigenvalue weighted by Gasteiger charge is -2.36. The van der Waals surface area contributed by atoms with Crippen LogP contribution in [-0.4, -0.2) is 68.8 Å². The molecule has 0 spiro atoms. The minimum atomic E-state index is -0.516. The maximum atomic E-state index is 13.2. The van der Waals surface area contributed by atoms with Crippen molar-refractivity contribution in [2.24, 2.45) is 0 Å². The van der Waals surface area contributed by atoms with Crippen molar-refractivity contribution in [1.82, 2.24) is 23.8 Å². The van der Waals surface area contributed by atoms with Gasteiger partial charge in [0.15, 0.2) is 18.0 Å². The topological polar surface area (TPSA) is 97.6 Å². The van der Waals surface area contributed by atoms with Crippen molar-refractivity contribution in [2.45, 2.75) is 26.4 Å². The number of ether oxygens (including phenoxy) is 2. The average molecular weight is 476 g/mol. The highest BCUT2D eigenvalue weighted by Crippen LogP contribution is 2.29. The predicted molar refractivity (Wildman–Crippen MR) is 126 cm³/mol.